The number of carbonyl (C=O) groups is 2. The van der Waals surface area contributed by atoms with Gasteiger partial charge in [-0.05, 0) is 38.1 Å². The summed E-state index contributed by atoms with van der Waals surface area (Å²) in [5.74, 6) is 0.154. The van der Waals surface area contributed by atoms with E-state index in [2.05, 4.69) is 16.0 Å². The van der Waals surface area contributed by atoms with Crippen LogP contribution in [0.25, 0.3) is 0 Å². The molecule has 0 saturated heterocycles. The quantitative estimate of drug-likeness (QED) is 0.642. The molecular weight excluding hydrogens is 266 g/mol. The third-order valence-electron chi connectivity index (χ3n) is 2.95. The minimum Gasteiger partial charge on any atom is -0.352 e. The number of benzene rings is 1. The number of anilines is 1. The largest absolute Gasteiger partial charge is 0.352 e. The Morgan fingerprint density at radius 3 is 2.57 bits per heavy atom. The monoisotopic (exact) mass is 291 g/mol. The molecule has 0 unspecified atom stereocenters. The van der Waals surface area contributed by atoms with E-state index in [1.54, 1.807) is 18.2 Å². The summed E-state index contributed by atoms with van der Waals surface area (Å²) in [7, 11) is 1.85. The van der Waals surface area contributed by atoms with E-state index in [1.165, 1.54) is 0 Å². The Bertz CT molecular complexity index is 472. The van der Waals surface area contributed by atoms with E-state index in [1.807, 2.05) is 27.0 Å². The number of amides is 2. The molecule has 21 heavy (non-hydrogen) atoms. The van der Waals surface area contributed by atoms with Crippen LogP contribution in [0.2, 0.25) is 0 Å². The van der Waals surface area contributed by atoms with Crippen LogP contribution in [0.4, 0.5) is 5.69 Å². The van der Waals surface area contributed by atoms with Crippen molar-refractivity contribution in [3.05, 3.63) is 29.8 Å². The van der Waals surface area contributed by atoms with E-state index in [9.17, 15) is 9.59 Å². The van der Waals surface area contributed by atoms with E-state index in [-0.39, 0.29) is 11.8 Å². The van der Waals surface area contributed by atoms with Gasteiger partial charge in [-0.3, -0.25) is 9.59 Å². The first-order valence-corrected chi connectivity index (χ1v) is 7.36. The van der Waals surface area contributed by atoms with Crippen molar-refractivity contribution in [3.8, 4) is 0 Å². The van der Waals surface area contributed by atoms with Crippen LogP contribution in [0.3, 0.4) is 0 Å². The number of rotatable bonds is 8. The highest BCUT2D eigenvalue weighted by atomic mass is 16.2. The molecule has 3 N–H and O–H groups in total. The van der Waals surface area contributed by atoms with E-state index >= 15 is 0 Å². The van der Waals surface area contributed by atoms with Crippen LogP contribution < -0.4 is 16.0 Å². The van der Waals surface area contributed by atoms with Crippen molar-refractivity contribution in [2.45, 2.75) is 26.7 Å². The van der Waals surface area contributed by atoms with Crippen molar-refractivity contribution in [2.24, 2.45) is 5.92 Å². The van der Waals surface area contributed by atoms with Gasteiger partial charge < -0.3 is 16.0 Å². The van der Waals surface area contributed by atoms with Gasteiger partial charge in [0.15, 0.2) is 0 Å². The second kappa shape index (κ2) is 9.13. The summed E-state index contributed by atoms with van der Waals surface area (Å²) >= 11 is 0. The van der Waals surface area contributed by atoms with Gasteiger partial charge in [0.05, 0.1) is 11.3 Å². The number of para-hydroxylation sites is 1. The zero-order chi connectivity index (χ0) is 15.7. The molecule has 0 bridgehead atoms. The van der Waals surface area contributed by atoms with Crippen LogP contribution in [0, 0.1) is 5.92 Å². The molecule has 0 heterocycles. The Balaban J connectivity index is 2.66. The van der Waals surface area contributed by atoms with E-state index in [0.717, 1.165) is 13.0 Å². The van der Waals surface area contributed by atoms with Crippen LogP contribution in [0.1, 0.15) is 37.0 Å². The van der Waals surface area contributed by atoms with Crippen LogP contribution in [0.15, 0.2) is 24.3 Å². The zero-order valence-electron chi connectivity index (χ0n) is 13.0. The molecule has 0 aliphatic carbocycles. The molecule has 0 saturated carbocycles. The van der Waals surface area contributed by atoms with Crippen molar-refractivity contribution < 1.29 is 9.59 Å². The second-order valence-electron chi connectivity index (χ2n) is 5.40. The Kier molecular flexibility index (Phi) is 7.46. The Labute approximate surface area is 126 Å². The van der Waals surface area contributed by atoms with Gasteiger partial charge in [-0.25, -0.2) is 0 Å². The van der Waals surface area contributed by atoms with Crippen molar-refractivity contribution >= 4 is 17.5 Å². The minimum atomic E-state index is -0.158. The average Bonchev–Trinajstić information content (AvgIpc) is 2.45. The van der Waals surface area contributed by atoms with Crippen molar-refractivity contribution in [3.63, 3.8) is 0 Å². The fourth-order valence-corrected chi connectivity index (χ4v) is 1.82. The first kappa shape index (κ1) is 17.2. The van der Waals surface area contributed by atoms with E-state index < -0.39 is 0 Å². The Morgan fingerprint density at radius 1 is 1.19 bits per heavy atom. The second-order valence-corrected chi connectivity index (χ2v) is 5.40. The van der Waals surface area contributed by atoms with Gasteiger partial charge in [-0.1, -0.05) is 26.0 Å². The predicted octanol–water partition coefficient (Wildman–Crippen LogP) is 2.01. The lowest BCUT2D eigenvalue weighted by atomic mass is 10.1. The summed E-state index contributed by atoms with van der Waals surface area (Å²) in [6.45, 7) is 5.48. The van der Waals surface area contributed by atoms with Gasteiger partial charge in [-0.2, -0.15) is 0 Å². The summed E-state index contributed by atoms with van der Waals surface area (Å²) < 4.78 is 0. The highest BCUT2D eigenvalue weighted by Gasteiger charge is 2.12. The third kappa shape index (κ3) is 6.40. The zero-order valence-corrected chi connectivity index (χ0v) is 13.0. The lowest BCUT2D eigenvalue weighted by Crippen LogP contribution is -2.28. The fourth-order valence-electron chi connectivity index (χ4n) is 1.82. The van der Waals surface area contributed by atoms with Gasteiger partial charge >= 0.3 is 0 Å². The predicted molar refractivity (Wildman–Crippen MR) is 85.4 cm³/mol. The molecule has 0 aromatic heterocycles. The SMILES string of the molecule is CNCCCC(=O)Nc1ccccc1C(=O)NCC(C)C. The Morgan fingerprint density at radius 2 is 1.90 bits per heavy atom. The molecule has 5 nitrogen and oxygen atoms in total. The topological polar surface area (TPSA) is 70.2 Å². The number of carbonyl (C=O) groups excluding carboxylic acids is 2. The summed E-state index contributed by atoms with van der Waals surface area (Å²) in [5, 5.41) is 8.67. The maximum absolute atomic E-state index is 12.1. The Hall–Kier alpha value is -1.88. The van der Waals surface area contributed by atoms with Crippen LogP contribution in [-0.4, -0.2) is 32.0 Å². The molecule has 0 fully saturated rings. The number of hydrogen-bond acceptors (Lipinski definition) is 3. The molecule has 0 radical (unpaired) electrons. The van der Waals surface area contributed by atoms with Gasteiger partial charge in [0, 0.05) is 13.0 Å². The lowest BCUT2D eigenvalue weighted by Gasteiger charge is -2.12. The molecule has 5 heteroatoms. The molecule has 2 amide bonds. The van der Waals surface area contributed by atoms with Crippen molar-refractivity contribution in [1.82, 2.24) is 10.6 Å². The maximum atomic E-state index is 12.1. The highest BCUT2D eigenvalue weighted by Crippen LogP contribution is 2.15. The normalized spacial score (nSPS) is 10.5. The lowest BCUT2D eigenvalue weighted by molar-refractivity contribution is -0.116. The molecule has 1 aromatic rings. The molecule has 0 aliphatic rings. The minimum absolute atomic E-state index is 0.0747. The van der Waals surface area contributed by atoms with E-state index in [4.69, 9.17) is 0 Å². The smallest absolute Gasteiger partial charge is 0.253 e. The molecule has 0 spiro atoms. The molecule has 116 valence electrons. The van der Waals surface area contributed by atoms with Crippen LogP contribution in [-0.2, 0) is 4.79 Å². The third-order valence-corrected chi connectivity index (χ3v) is 2.95. The highest BCUT2D eigenvalue weighted by molar-refractivity contribution is 6.03. The summed E-state index contributed by atoms with van der Waals surface area (Å²) in [6, 6.07) is 7.07. The molecule has 0 aliphatic heterocycles. The van der Waals surface area contributed by atoms with Gasteiger partial charge in [0.2, 0.25) is 5.91 Å². The van der Waals surface area contributed by atoms with Crippen molar-refractivity contribution in [1.29, 1.82) is 0 Å². The van der Waals surface area contributed by atoms with Gasteiger partial charge in [0.1, 0.15) is 0 Å². The van der Waals surface area contributed by atoms with E-state index in [0.29, 0.717) is 30.1 Å². The molecule has 1 rings (SSSR count). The number of nitrogens with one attached hydrogen (secondary N) is 3. The first-order valence-electron chi connectivity index (χ1n) is 7.36. The van der Waals surface area contributed by atoms with Gasteiger partial charge in [-0.15, -0.1) is 0 Å². The van der Waals surface area contributed by atoms with Gasteiger partial charge in [0.25, 0.3) is 5.91 Å². The first-order chi connectivity index (χ1) is 10.0. The maximum Gasteiger partial charge on any atom is 0.253 e. The van der Waals surface area contributed by atoms with Crippen LogP contribution in [0.5, 0.6) is 0 Å². The molecular formula is C16H25N3O2. The average molecular weight is 291 g/mol. The molecule has 1 aromatic carbocycles. The summed E-state index contributed by atoms with van der Waals surface area (Å²) in [5.41, 5.74) is 1.06. The van der Waals surface area contributed by atoms with Crippen molar-refractivity contribution in [2.75, 3.05) is 25.5 Å². The summed E-state index contributed by atoms with van der Waals surface area (Å²) in [6.07, 6.45) is 1.20. The molecule has 0 atom stereocenters. The standard InChI is InChI=1S/C16H25N3O2/c1-12(2)11-18-16(21)13-7-4-5-8-14(13)19-15(20)9-6-10-17-3/h4-5,7-8,12,17H,6,9-11H2,1-3H3,(H,18,21)(H,19,20). The van der Waals surface area contributed by atoms with Crippen LogP contribution >= 0.6 is 0 Å². The fraction of sp³-hybridized carbons (Fsp3) is 0.500. The summed E-state index contributed by atoms with van der Waals surface area (Å²) in [4.78, 5) is 24.0. The number of hydrogen-bond donors (Lipinski definition) is 3.